The Kier molecular flexibility index (Phi) is 4.83. The van der Waals surface area contributed by atoms with Crippen molar-refractivity contribution < 1.29 is 1.37 Å². The van der Waals surface area contributed by atoms with Crippen molar-refractivity contribution in [3.63, 3.8) is 0 Å². The standard InChI is InChI=1S/C14H23B/c1-4-13(12-15(5-2)6-3)14-10-8-7-9-11-14/h7-11,13H,4-6,12H2,1-3H3/t13-/m1/s1/i12D/t12-,13+/m0. The van der Waals surface area contributed by atoms with Gasteiger partial charge in [-0.25, -0.2) is 0 Å². The first-order valence-corrected chi connectivity index (χ1v) is 6.21. The van der Waals surface area contributed by atoms with Gasteiger partial charge in [0.2, 0.25) is 0 Å². The lowest BCUT2D eigenvalue weighted by atomic mass is 9.41. The fourth-order valence-corrected chi connectivity index (χ4v) is 2.07. The van der Waals surface area contributed by atoms with Gasteiger partial charge < -0.3 is 0 Å². The van der Waals surface area contributed by atoms with E-state index in [4.69, 9.17) is 1.37 Å². The van der Waals surface area contributed by atoms with E-state index in [0.29, 0.717) is 12.6 Å². The van der Waals surface area contributed by atoms with Gasteiger partial charge in [-0.05, 0) is 17.9 Å². The summed E-state index contributed by atoms with van der Waals surface area (Å²) in [5, 5.41) is 0. The number of hydrogen-bond donors (Lipinski definition) is 0. The van der Waals surface area contributed by atoms with E-state index in [1.165, 1.54) is 5.56 Å². The fraction of sp³-hybridized carbons (Fsp3) is 0.571. The predicted octanol–water partition coefficient (Wildman–Crippen LogP) is 4.71. The van der Waals surface area contributed by atoms with Crippen molar-refractivity contribution in [2.75, 3.05) is 0 Å². The molecule has 1 rings (SSSR count). The minimum atomic E-state index is 0.0439. The molecule has 0 unspecified atom stereocenters. The summed E-state index contributed by atoms with van der Waals surface area (Å²) in [6.07, 6.45) is 3.35. The third-order valence-electron chi connectivity index (χ3n) is 3.22. The molecule has 0 aliphatic rings. The van der Waals surface area contributed by atoms with Gasteiger partial charge in [0.1, 0.15) is 6.71 Å². The molecule has 82 valence electrons. The van der Waals surface area contributed by atoms with Crippen LogP contribution in [-0.4, -0.2) is 6.71 Å². The SMILES string of the molecule is [2H][C@H](B(CC)CC)[C@@H](CC)c1ccccc1. The Bertz CT molecular complexity index is 282. The Balaban J connectivity index is 2.82. The zero-order valence-electron chi connectivity index (χ0n) is 11.2. The minimum absolute atomic E-state index is 0.0439. The second-order valence-corrected chi connectivity index (χ2v) is 4.19. The molecule has 0 spiro atoms. The van der Waals surface area contributed by atoms with E-state index in [9.17, 15) is 0 Å². The molecule has 0 amide bonds. The molecule has 2 atom stereocenters. The molecule has 1 aromatic rings. The zero-order valence-corrected chi connectivity index (χ0v) is 10.2. The van der Waals surface area contributed by atoms with Gasteiger partial charge in [-0.1, -0.05) is 70.0 Å². The smallest absolute Gasteiger partial charge is 0.0770 e. The summed E-state index contributed by atoms with van der Waals surface area (Å²) < 4.78 is 8.42. The molecule has 0 aliphatic carbocycles. The van der Waals surface area contributed by atoms with E-state index in [0.717, 1.165) is 19.1 Å². The molecule has 0 N–H and O–H groups in total. The monoisotopic (exact) mass is 203 g/mol. The quantitative estimate of drug-likeness (QED) is 0.587. The maximum Gasteiger partial charge on any atom is 0.139 e. The van der Waals surface area contributed by atoms with Crippen LogP contribution in [0.5, 0.6) is 0 Å². The van der Waals surface area contributed by atoms with Crippen LogP contribution in [0, 0.1) is 0 Å². The first kappa shape index (κ1) is 10.8. The van der Waals surface area contributed by atoms with E-state index in [1.807, 2.05) is 6.07 Å². The highest BCUT2D eigenvalue weighted by molar-refractivity contribution is 6.58. The highest BCUT2D eigenvalue weighted by Gasteiger charge is 2.16. The minimum Gasteiger partial charge on any atom is -0.0770 e. The molecule has 0 aromatic heterocycles. The number of rotatable bonds is 6. The summed E-state index contributed by atoms with van der Waals surface area (Å²) in [6, 6.07) is 10.5. The summed E-state index contributed by atoms with van der Waals surface area (Å²) in [7, 11) is 0. The van der Waals surface area contributed by atoms with Gasteiger partial charge >= 0.3 is 0 Å². The van der Waals surface area contributed by atoms with Crippen LogP contribution in [0.3, 0.4) is 0 Å². The molecule has 1 aromatic carbocycles. The molecular weight excluding hydrogens is 179 g/mol. The van der Waals surface area contributed by atoms with Gasteiger partial charge in [-0.2, -0.15) is 0 Å². The number of hydrogen-bond acceptors (Lipinski definition) is 0. The molecule has 0 bridgehead atoms. The molecule has 15 heavy (non-hydrogen) atoms. The highest BCUT2D eigenvalue weighted by Crippen LogP contribution is 2.26. The zero-order chi connectivity index (χ0) is 12.0. The lowest BCUT2D eigenvalue weighted by Gasteiger charge is -2.19. The predicted molar refractivity (Wildman–Crippen MR) is 71.0 cm³/mol. The van der Waals surface area contributed by atoms with E-state index < -0.39 is 0 Å². The van der Waals surface area contributed by atoms with Crippen molar-refractivity contribution in [1.29, 1.82) is 0 Å². The van der Waals surface area contributed by atoms with Crippen LogP contribution in [0.15, 0.2) is 30.3 Å². The van der Waals surface area contributed by atoms with E-state index >= 15 is 0 Å². The second-order valence-electron chi connectivity index (χ2n) is 4.19. The summed E-state index contributed by atoms with van der Waals surface area (Å²) in [6.45, 7) is 7.13. The van der Waals surface area contributed by atoms with Crippen molar-refractivity contribution in [2.24, 2.45) is 0 Å². The van der Waals surface area contributed by atoms with Gasteiger partial charge in [0.25, 0.3) is 0 Å². The number of benzene rings is 1. The van der Waals surface area contributed by atoms with Crippen LogP contribution in [0.1, 0.15) is 40.0 Å². The molecule has 0 saturated heterocycles. The van der Waals surface area contributed by atoms with E-state index in [-0.39, 0.29) is 6.30 Å². The van der Waals surface area contributed by atoms with Crippen LogP contribution in [-0.2, 0) is 0 Å². The van der Waals surface area contributed by atoms with E-state index in [2.05, 4.69) is 45.0 Å². The van der Waals surface area contributed by atoms with Gasteiger partial charge in [-0.3, -0.25) is 0 Å². The summed E-state index contributed by atoms with van der Waals surface area (Å²) in [4.78, 5) is 0. The van der Waals surface area contributed by atoms with Crippen molar-refractivity contribution in [3.8, 4) is 0 Å². The normalized spacial score (nSPS) is 15.5. The summed E-state index contributed by atoms with van der Waals surface area (Å²) in [5.74, 6) is 0.395. The first-order valence-electron chi connectivity index (χ1n) is 6.79. The third kappa shape index (κ3) is 3.73. The highest BCUT2D eigenvalue weighted by atomic mass is 14.1. The molecule has 0 nitrogen and oxygen atoms in total. The molecule has 0 radical (unpaired) electrons. The molecule has 0 heterocycles. The van der Waals surface area contributed by atoms with Crippen molar-refractivity contribution >= 4 is 6.71 Å². The molecule has 1 heteroatoms. The maximum atomic E-state index is 8.42. The molecule has 0 aliphatic heterocycles. The van der Waals surface area contributed by atoms with E-state index in [1.54, 1.807) is 0 Å². The lowest BCUT2D eigenvalue weighted by Crippen LogP contribution is -2.13. The Morgan fingerprint density at radius 1 is 1.13 bits per heavy atom. The molecular formula is C14H23B. The largest absolute Gasteiger partial charge is 0.139 e. The van der Waals surface area contributed by atoms with Crippen molar-refractivity contribution in [1.82, 2.24) is 0 Å². The van der Waals surface area contributed by atoms with Crippen LogP contribution >= 0.6 is 0 Å². The van der Waals surface area contributed by atoms with Gasteiger partial charge in [0, 0.05) is 1.37 Å². The topological polar surface area (TPSA) is 0 Å². The Morgan fingerprint density at radius 3 is 2.20 bits per heavy atom. The lowest BCUT2D eigenvalue weighted by molar-refractivity contribution is 0.722. The van der Waals surface area contributed by atoms with Gasteiger partial charge in [0.05, 0.1) is 0 Å². The third-order valence-corrected chi connectivity index (χ3v) is 3.22. The van der Waals surface area contributed by atoms with Crippen LogP contribution in [0.4, 0.5) is 0 Å². The fourth-order valence-electron chi connectivity index (χ4n) is 2.07. The maximum absolute atomic E-state index is 8.42. The van der Waals surface area contributed by atoms with Gasteiger partial charge in [-0.15, -0.1) is 0 Å². The van der Waals surface area contributed by atoms with Crippen LogP contribution in [0.25, 0.3) is 0 Å². The average molecular weight is 203 g/mol. The molecule has 0 saturated carbocycles. The Morgan fingerprint density at radius 2 is 1.73 bits per heavy atom. The van der Waals surface area contributed by atoms with Gasteiger partial charge in [0.15, 0.2) is 0 Å². The molecule has 0 fully saturated rings. The van der Waals surface area contributed by atoms with Crippen LogP contribution in [0.2, 0.25) is 18.9 Å². The van der Waals surface area contributed by atoms with Crippen LogP contribution < -0.4 is 0 Å². The van der Waals surface area contributed by atoms with Crippen molar-refractivity contribution in [2.45, 2.75) is 52.0 Å². The second kappa shape index (κ2) is 6.71. The Hall–Kier alpha value is -0.715. The van der Waals surface area contributed by atoms with Crippen molar-refractivity contribution in [3.05, 3.63) is 35.9 Å². The summed E-state index contributed by atoms with van der Waals surface area (Å²) in [5.41, 5.74) is 1.33. The first-order chi connectivity index (χ1) is 7.74. The Labute approximate surface area is 96.6 Å². The average Bonchev–Trinajstić information content (AvgIpc) is 2.33. The summed E-state index contributed by atoms with van der Waals surface area (Å²) >= 11 is 0.